The van der Waals surface area contributed by atoms with Crippen molar-refractivity contribution in [1.29, 1.82) is 0 Å². The van der Waals surface area contributed by atoms with Gasteiger partial charge < -0.3 is 5.32 Å². The van der Waals surface area contributed by atoms with Gasteiger partial charge in [-0.1, -0.05) is 60.2 Å². The SMILES string of the molecule is Cc1ccc(C(c2ccc3ccccc3c2)N2CCCNCC2)c(C)c1. The molecule has 0 aromatic heterocycles. The number of aryl methyl sites for hydroxylation is 2. The van der Waals surface area contributed by atoms with Gasteiger partial charge in [-0.2, -0.15) is 0 Å². The van der Waals surface area contributed by atoms with Crippen molar-refractivity contribution < 1.29 is 0 Å². The maximum atomic E-state index is 3.55. The maximum Gasteiger partial charge on any atom is 0.0605 e. The zero-order valence-corrected chi connectivity index (χ0v) is 15.8. The van der Waals surface area contributed by atoms with Crippen LogP contribution in [0.1, 0.15) is 34.7 Å². The molecule has 1 N–H and O–H groups in total. The minimum Gasteiger partial charge on any atom is -0.315 e. The number of nitrogens with one attached hydrogen (secondary N) is 1. The van der Waals surface area contributed by atoms with Crippen molar-refractivity contribution in [2.24, 2.45) is 0 Å². The van der Waals surface area contributed by atoms with E-state index in [4.69, 9.17) is 0 Å². The minimum atomic E-state index is 0.320. The number of benzene rings is 3. The first-order valence-electron chi connectivity index (χ1n) is 9.73. The molecule has 1 atom stereocenters. The molecule has 4 rings (SSSR count). The molecule has 0 aliphatic carbocycles. The molecule has 3 aromatic rings. The van der Waals surface area contributed by atoms with Gasteiger partial charge in [-0.05, 0) is 60.3 Å². The number of fused-ring (bicyclic) bond motifs is 1. The smallest absolute Gasteiger partial charge is 0.0605 e. The van der Waals surface area contributed by atoms with Crippen LogP contribution in [-0.2, 0) is 0 Å². The summed E-state index contributed by atoms with van der Waals surface area (Å²) in [5, 5.41) is 6.19. The minimum absolute atomic E-state index is 0.320. The molecule has 1 heterocycles. The van der Waals surface area contributed by atoms with Crippen LogP contribution >= 0.6 is 0 Å². The van der Waals surface area contributed by atoms with Crippen LogP contribution in [0.15, 0.2) is 60.7 Å². The second-order valence-electron chi connectivity index (χ2n) is 7.51. The van der Waals surface area contributed by atoms with Crippen molar-refractivity contribution in [2.75, 3.05) is 26.2 Å². The number of nitrogens with zero attached hydrogens (tertiary/aromatic N) is 1. The molecular weight excluding hydrogens is 316 g/mol. The van der Waals surface area contributed by atoms with E-state index in [1.165, 1.54) is 39.4 Å². The fourth-order valence-electron chi connectivity index (χ4n) is 4.22. The van der Waals surface area contributed by atoms with Crippen LogP contribution in [0.5, 0.6) is 0 Å². The molecule has 2 heteroatoms. The predicted octanol–water partition coefficient (Wildman–Crippen LogP) is 4.84. The Morgan fingerprint density at radius 3 is 2.54 bits per heavy atom. The average molecular weight is 345 g/mol. The number of hydrogen-bond donors (Lipinski definition) is 1. The van der Waals surface area contributed by atoms with Crippen LogP contribution in [0.3, 0.4) is 0 Å². The second kappa shape index (κ2) is 7.61. The Balaban J connectivity index is 1.82. The predicted molar refractivity (Wildman–Crippen MR) is 111 cm³/mol. The molecule has 1 unspecified atom stereocenters. The van der Waals surface area contributed by atoms with E-state index in [1.807, 2.05) is 0 Å². The van der Waals surface area contributed by atoms with Crippen LogP contribution < -0.4 is 5.32 Å². The van der Waals surface area contributed by atoms with Gasteiger partial charge in [-0.3, -0.25) is 4.90 Å². The van der Waals surface area contributed by atoms with Gasteiger partial charge in [0, 0.05) is 19.6 Å². The molecule has 0 radical (unpaired) electrons. The summed E-state index contributed by atoms with van der Waals surface area (Å²) in [5.74, 6) is 0. The van der Waals surface area contributed by atoms with Crippen molar-refractivity contribution in [3.63, 3.8) is 0 Å². The van der Waals surface area contributed by atoms with E-state index in [2.05, 4.69) is 84.7 Å². The Labute approximate surface area is 156 Å². The van der Waals surface area contributed by atoms with Gasteiger partial charge >= 0.3 is 0 Å². The summed E-state index contributed by atoms with van der Waals surface area (Å²) < 4.78 is 0. The van der Waals surface area contributed by atoms with Crippen molar-refractivity contribution >= 4 is 10.8 Å². The lowest BCUT2D eigenvalue weighted by Crippen LogP contribution is -2.33. The molecule has 2 nitrogen and oxygen atoms in total. The van der Waals surface area contributed by atoms with Crippen molar-refractivity contribution in [3.8, 4) is 0 Å². The molecule has 0 saturated carbocycles. The molecular formula is C24H28N2. The Morgan fingerprint density at radius 2 is 1.69 bits per heavy atom. The number of hydrogen-bond acceptors (Lipinski definition) is 2. The van der Waals surface area contributed by atoms with Gasteiger partial charge in [0.25, 0.3) is 0 Å². The van der Waals surface area contributed by atoms with Crippen LogP contribution in [0, 0.1) is 13.8 Å². The summed E-state index contributed by atoms with van der Waals surface area (Å²) in [5.41, 5.74) is 5.56. The van der Waals surface area contributed by atoms with Gasteiger partial charge in [0.2, 0.25) is 0 Å². The average Bonchev–Trinajstić information content (AvgIpc) is 2.93. The van der Waals surface area contributed by atoms with Crippen LogP contribution in [0.2, 0.25) is 0 Å². The molecule has 1 saturated heterocycles. The highest BCUT2D eigenvalue weighted by Crippen LogP contribution is 2.33. The first-order chi connectivity index (χ1) is 12.7. The van der Waals surface area contributed by atoms with E-state index in [0.29, 0.717) is 6.04 Å². The van der Waals surface area contributed by atoms with E-state index in [0.717, 1.165) is 26.2 Å². The fourth-order valence-corrected chi connectivity index (χ4v) is 4.22. The van der Waals surface area contributed by atoms with Crippen molar-refractivity contribution in [1.82, 2.24) is 10.2 Å². The Hall–Kier alpha value is -2.16. The molecule has 1 aliphatic rings. The Kier molecular flexibility index (Phi) is 5.05. The molecule has 0 spiro atoms. The maximum absolute atomic E-state index is 3.55. The monoisotopic (exact) mass is 344 g/mol. The first-order valence-corrected chi connectivity index (χ1v) is 9.73. The van der Waals surface area contributed by atoms with Crippen LogP contribution in [-0.4, -0.2) is 31.1 Å². The summed E-state index contributed by atoms with van der Waals surface area (Å²) >= 11 is 0. The van der Waals surface area contributed by atoms with Gasteiger partial charge in [-0.15, -0.1) is 0 Å². The third-order valence-electron chi connectivity index (χ3n) is 5.55. The lowest BCUT2D eigenvalue weighted by molar-refractivity contribution is 0.240. The van der Waals surface area contributed by atoms with E-state index in [9.17, 15) is 0 Å². The van der Waals surface area contributed by atoms with Gasteiger partial charge in [0.1, 0.15) is 0 Å². The summed E-state index contributed by atoms with van der Waals surface area (Å²) in [6.45, 7) is 8.84. The Bertz CT molecular complexity index is 892. The van der Waals surface area contributed by atoms with E-state index < -0.39 is 0 Å². The molecule has 134 valence electrons. The largest absolute Gasteiger partial charge is 0.315 e. The summed E-state index contributed by atoms with van der Waals surface area (Å²) in [7, 11) is 0. The molecule has 1 fully saturated rings. The molecule has 0 amide bonds. The normalized spacial score (nSPS) is 17.2. The van der Waals surface area contributed by atoms with Crippen LogP contribution in [0.25, 0.3) is 10.8 Å². The molecule has 1 aliphatic heterocycles. The highest BCUT2D eigenvalue weighted by molar-refractivity contribution is 5.83. The van der Waals surface area contributed by atoms with E-state index in [1.54, 1.807) is 0 Å². The fraction of sp³-hybridized carbons (Fsp3) is 0.333. The number of rotatable bonds is 3. The van der Waals surface area contributed by atoms with Gasteiger partial charge in [0.15, 0.2) is 0 Å². The van der Waals surface area contributed by atoms with Crippen LogP contribution in [0.4, 0.5) is 0 Å². The highest BCUT2D eigenvalue weighted by atomic mass is 15.2. The van der Waals surface area contributed by atoms with Crippen molar-refractivity contribution in [3.05, 3.63) is 82.9 Å². The van der Waals surface area contributed by atoms with E-state index in [-0.39, 0.29) is 0 Å². The van der Waals surface area contributed by atoms with Crippen molar-refractivity contribution in [2.45, 2.75) is 26.3 Å². The standard InChI is InChI=1S/C24H28N2/c1-18-8-11-23(19(2)16-18)24(26-14-5-12-25-13-15-26)22-10-9-20-6-3-4-7-21(20)17-22/h3-4,6-11,16-17,24-25H,5,12-15H2,1-2H3. The topological polar surface area (TPSA) is 15.3 Å². The molecule has 0 bridgehead atoms. The zero-order chi connectivity index (χ0) is 17.9. The second-order valence-corrected chi connectivity index (χ2v) is 7.51. The first kappa shape index (κ1) is 17.3. The molecule has 3 aromatic carbocycles. The molecule has 26 heavy (non-hydrogen) atoms. The highest BCUT2D eigenvalue weighted by Gasteiger charge is 2.24. The van der Waals surface area contributed by atoms with Gasteiger partial charge in [0.05, 0.1) is 6.04 Å². The summed E-state index contributed by atoms with van der Waals surface area (Å²) in [4.78, 5) is 2.65. The lowest BCUT2D eigenvalue weighted by atomic mass is 9.91. The quantitative estimate of drug-likeness (QED) is 0.731. The summed E-state index contributed by atoms with van der Waals surface area (Å²) in [6.07, 6.45) is 1.20. The third kappa shape index (κ3) is 3.53. The summed E-state index contributed by atoms with van der Waals surface area (Å²) in [6, 6.07) is 22.9. The zero-order valence-electron chi connectivity index (χ0n) is 15.8. The van der Waals surface area contributed by atoms with Gasteiger partial charge in [-0.25, -0.2) is 0 Å². The lowest BCUT2D eigenvalue weighted by Gasteiger charge is -2.32. The third-order valence-corrected chi connectivity index (χ3v) is 5.55. The Morgan fingerprint density at radius 1 is 0.846 bits per heavy atom. The van der Waals surface area contributed by atoms with E-state index >= 15 is 0 Å².